The maximum absolute atomic E-state index is 12.3. The molecule has 1 aromatic heterocycles. The molecule has 0 aliphatic heterocycles. The number of nitrogens with one attached hydrogen (secondary N) is 1. The zero-order valence-electron chi connectivity index (χ0n) is 24.3. The highest BCUT2D eigenvalue weighted by atomic mass is 35.5. The van der Waals surface area contributed by atoms with E-state index < -0.39 is 0 Å². The Labute approximate surface area is 252 Å². The molecule has 4 aromatic rings. The minimum Gasteiger partial charge on any atom is -0.489 e. The van der Waals surface area contributed by atoms with Crippen LogP contribution in [0.2, 0.25) is 5.02 Å². The quantitative estimate of drug-likeness (QED) is 0.202. The number of benzene rings is 3. The molecule has 1 heterocycles. The van der Waals surface area contributed by atoms with Crippen molar-refractivity contribution in [1.29, 1.82) is 0 Å². The average Bonchev–Trinajstić information content (AvgIpc) is 3.44. The minimum atomic E-state index is -0.149. The maximum Gasteiger partial charge on any atom is 0.251 e. The van der Waals surface area contributed by atoms with Crippen molar-refractivity contribution in [2.75, 3.05) is 7.05 Å². The molecule has 0 unspecified atom stereocenters. The first kappa shape index (κ1) is 29.3. The number of carbonyl (C=O) groups excluding carboxylic acids is 2. The molecule has 7 heteroatoms. The zero-order chi connectivity index (χ0) is 29.6. The van der Waals surface area contributed by atoms with Crippen LogP contribution < -0.4 is 10.1 Å². The van der Waals surface area contributed by atoms with E-state index in [0.717, 1.165) is 52.4 Å². The second-order valence-electron chi connectivity index (χ2n) is 10.8. The average molecular weight is 582 g/mol. The standard InChI is InChI=1S/C35H36ClN3O3/c1-23(24(2)40)19-30-21-39(31-7-5-4-6-8-31)34(38-30)26-11-16-32(17-12-26)42-22-28-20-27(35(41)37-3)13-18-33(28)25-9-14-29(36)15-10-25/h9-21,31H,4-8,22H2,1-3H3,(H,37,41)/b23-19+. The molecule has 0 radical (unpaired) electrons. The van der Waals surface area contributed by atoms with Crippen LogP contribution in [-0.2, 0) is 11.4 Å². The van der Waals surface area contributed by atoms with Crippen LogP contribution >= 0.6 is 11.6 Å². The Morgan fingerprint density at radius 2 is 1.67 bits per heavy atom. The molecule has 1 aliphatic rings. The molecule has 5 rings (SSSR count). The number of hydrogen-bond donors (Lipinski definition) is 1. The topological polar surface area (TPSA) is 73.2 Å². The summed E-state index contributed by atoms with van der Waals surface area (Å²) in [5.41, 5.74) is 5.93. The minimum absolute atomic E-state index is 0.0466. The van der Waals surface area contributed by atoms with Gasteiger partial charge in [0.05, 0.1) is 5.69 Å². The lowest BCUT2D eigenvalue weighted by Gasteiger charge is -2.24. The second kappa shape index (κ2) is 13.2. The third kappa shape index (κ3) is 6.82. The molecule has 42 heavy (non-hydrogen) atoms. The van der Waals surface area contributed by atoms with Gasteiger partial charge in [-0.05, 0) is 104 Å². The highest BCUT2D eigenvalue weighted by molar-refractivity contribution is 6.30. The first-order valence-corrected chi connectivity index (χ1v) is 14.8. The maximum atomic E-state index is 12.3. The predicted molar refractivity (Wildman–Crippen MR) is 169 cm³/mol. The summed E-state index contributed by atoms with van der Waals surface area (Å²) in [6.07, 6.45) is 9.91. The summed E-state index contributed by atoms with van der Waals surface area (Å²) >= 11 is 6.11. The lowest BCUT2D eigenvalue weighted by molar-refractivity contribution is -0.113. The summed E-state index contributed by atoms with van der Waals surface area (Å²) in [5, 5.41) is 3.36. The fourth-order valence-corrected chi connectivity index (χ4v) is 5.55. The van der Waals surface area contributed by atoms with E-state index in [1.165, 1.54) is 19.3 Å². The summed E-state index contributed by atoms with van der Waals surface area (Å²) in [6, 6.07) is 21.6. The first-order valence-electron chi connectivity index (χ1n) is 14.4. The van der Waals surface area contributed by atoms with Gasteiger partial charge in [0.15, 0.2) is 5.78 Å². The number of Topliss-reactive ketones (excluding diaryl/α,β-unsaturated/α-hetero) is 1. The van der Waals surface area contributed by atoms with Gasteiger partial charge in [0.25, 0.3) is 5.91 Å². The largest absolute Gasteiger partial charge is 0.489 e. The van der Waals surface area contributed by atoms with E-state index in [4.69, 9.17) is 21.3 Å². The monoisotopic (exact) mass is 581 g/mol. The van der Waals surface area contributed by atoms with Gasteiger partial charge in [0.1, 0.15) is 18.2 Å². The summed E-state index contributed by atoms with van der Waals surface area (Å²) < 4.78 is 8.52. The molecule has 0 spiro atoms. The van der Waals surface area contributed by atoms with Gasteiger partial charge in [-0.15, -0.1) is 0 Å². The normalized spacial score (nSPS) is 14.0. The van der Waals surface area contributed by atoms with Gasteiger partial charge in [-0.25, -0.2) is 4.98 Å². The highest BCUT2D eigenvalue weighted by Gasteiger charge is 2.20. The Morgan fingerprint density at radius 1 is 0.976 bits per heavy atom. The van der Waals surface area contributed by atoms with Crippen molar-refractivity contribution < 1.29 is 14.3 Å². The van der Waals surface area contributed by atoms with Gasteiger partial charge >= 0.3 is 0 Å². The lowest BCUT2D eigenvalue weighted by Crippen LogP contribution is -2.18. The van der Waals surface area contributed by atoms with Gasteiger partial charge in [-0.3, -0.25) is 9.59 Å². The van der Waals surface area contributed by atoms with Gasteiger partial charge in [0.2, 0.25) is 0 Å². The molecule has 216 valence electrons. The molecule has 0 atom stereocenters. The van der Waals surface area contributed by atoms with Crippen molar-refractivity contribution in [2.45, 2.75) is 58.6 Å². The van der Waals surface area contributed by atoms with Crippen LogP contribution in [-0.4, -0.2) is 28.3 Å². The Hall–Kier alpha value is -4.16. The molecule has 0 bridgehead atoms. The highest BCUT2D eigenvalue weighted by Crippen LogP contribution is 2.34. The fraction of sp³-hybridized carbons (Fsp3) is 0.286. The molecule has 1 amide bonds. The summed E-state index contributed by atoms with van der Waals surface area (Å²) in [5.74, 6) is 1.52. The molecule has 0 saturated heterocycles. The van der Waals surface area contributed by atoms with Crippen molar-refractivity contribution in [3.63, 3.8) is 0 Å². The molecular formula is C35H36ClN3O3. The number of ketones is 1. The number of hydrogen-bond acceptors (Lipinski definition) is 4. The van der Waals surface area contributed by atoms with E-state index in [9.17, 15) is 9.59 Å². The van der Waals surface area contributed by atoms with E-state index in [1.54, 1.807) is 14.0 Å². The number of rotatable bonds is 9. The van der Waals surface area contributed by atoms with Gasteiger partial charge < -0.3 is 14.6 Å². The van der Waals surface area contributed by atoms with Gasteiger partial charge in [-0.2, -0.15) is 0 Å². The van der Waals surface area contributed by atoms with Crippen molar-refractivity contribution in [2.24, 2.45) is 0 Å². The van der Waals surface area contributed by atoms with E-state index in [-0.39, 0.29) is 18.3 Å². The molecule has 3 aromatic carbocycles. The van der Waals surface area contributed by atoms with Gasteiger partial charge in [0, 0.05) is 35.4 Å². The van der Waals surface area contributed by atoms with E-state index in [2.05, 4.69) is 16.1 Å². The van der Waals surface area contributed by atoms with Crippen molar-refractivity contribution in [3.05, 3.63) is 100 Å². The Balaban J connectivity index is 1.40. The van der Waals surface area contributed by atoms with Crippen LogP contribution in [0.25, 0.3) is 28.6 Å². The third-order valence-electron chi connectivity index (χ3n) is 7.90. The Morgan fingerprint density at radius 3 is 2.33 bits per heavy atom. The lowest BCUT2D eigenvalue weighted by atomic mass is 9.95. The summed E-state index contributed by atoms with van der Waals surface area (Å²) in [4.78, 5) is 29.1. The van der Waals surface area contributed by atoms with Crippen LogP contribution in [0.4, 0.5) is 0 Å². The number of allylic oxidation sites excluding steroid dienone is 1. The second-order valence-corrected chi connectivity index (χ2v) is 11.3. The number of halogens is 1. The van der Waals surface area contributed by atoms with Crippen molar-refractivity contribution in [1.82, 2.24) is 14.9 Å². The van der Waals surface area contributed by atoms with Crippen LogP contribution in [0.3, 0.4) is 0 Å². The zero-order valence-corrected chi connectivity index (χ0v) is 25.1. The number of carbonyl (C=O) groups is 2. The molecule has 1 fully saturated rings. The Kier molecular flexibility index (Phi) is 9.23. The number of imidazole rings is 1. The summed E-state index contributed by atoms with van der Waals surface area (Å²) in [7, 11) is 1.62. The molecular weight excluding hydrogens is 546 g/mol. The van der Waals surface area contributed by atoms with E-state index in [0.29, 0.717) is 22.2 Å². The molecule has 1 saturated carbocycles. The Bertz CT molecular complexity index is 1600. The van der Waals surface area contributed by atoms with Gasteiger partial charge in [-0.1, -0.05) is 49.1 Å². The fourth-order valence-electron chi connectivity index (χ4n) is 5.43. The summed E-state index contributed by atoms with van der Waals surface area (Å²) in [6.45, 7) is 3.70. The molecule has 1 aliphatic carbocycles. The van der Waals surface area contributed by atoms with E-state index in [1.807, 2.05) is 79.7 Å². The molecule has 6 nitrogen and oxygen atoms in total. The number of ether oxygens (including phenoxy) is 1. The number of aromatic nitrogens is 2. The smallest absolute Gasteiger partial charge is 0.251 e. The van der Waals surface area contributed by atoms with Crippen molar-refractivity contribution in [3.8, 4) is 28.3 Å². The number of nitrogens with zero attached hydrogens (tertiary/aromatic N) is 2. The van der Waals surface area contributed by atoms with Crippen molar-refractivity contribution >= 4 is 29.4 Å². The predicted octanol–water partition coefficient (Wildman–Crippen LogP) is 8.31. The van der Waals surface area contributed by atoms with E-state index >= 15 is 0 Å². The van der Waals surface area contributed by atoms with Crippen LogP contribution in [0.15, 0.2) is 78.5 Å². The third-order valence-corrected chi connectivity index (χ3v) is 8.15. The SMILES string of the molecule is CNC(=O)c1ccc(-c2ccc(Cl)cc2)c(COc2ccc(-c3nc(/C=C(\C)C(C)=O)cn3C3CCCCC3)cc2)c1. The van der Waals surface area contributed by atoms with Crippen LogP contribution in [0.5, 0.6) is 5.75 Å². The van der Waals surface area contributed by atoms with Crippen LogP contribution in [0, 0.1) is 0 Å². The van der Waals surface area contributed by atoms with Crippen LogP contribution in [0.1, 0.15) is 73.6 Å². The molecule has 1 N–H and O–H groups in total. The first-order chi connectivity index (χ1) is 20.3. The number of amides is 1.